The molecule has 0 heterocycles. The van der Waals surface area contributed by atoms with E-state index in [1.165, 1.54) is 24.3 Å². The lowest BCUT2D eigenvalue weighted by atomic mass is 10.0. The maximum atomic E-state index is 11.9. The van der Waals surface area contributed by atoms with Gasteiger partial charge in [-0.25, -0.2) is 5.43 Å². The van der Waals surface area contributed by atoms with Crippen LogP contribution in [0.5, 0.6) is 0 Å². The number of nitro groups is 1. The van der Waals surface area contributed by atoms with Crippen LogP contribution in [0.3, 0.4) is 0 Å². The second kappa shape index (κ2) is 8.62. The highest BCUT2D eigenvalue weighted by Gasteiger charge is 2.21. The van der Waals surface area contributed by atoms with Crippen molar-refractivity contribution < 1.29 is 19.2 Å². The number of hydrogen-bond acceptors (Lipinski definition) is 6. The fourth-order valence-electron chi connectivity index (χ4n) is 1.89. The van der Waals surface area contributed by atoms with Crippen molar-refractivity contribution >= 4 is 23.3 Å². The van der Waals surface area contributed by atoms with Gasteiger partial charge >= 0.3 is 5.97 Å². The van der Waals surface area contributed by atoms with Gasteiger partial charge < -0.3 is 4.74 Å². The molecule has 0 aliphatic heterocycles. The molecule has 1 aromatic rings. The molecule has 0 spiro atoms. The van der Waals surface area contributed by atoms with E-state index in [4.69, 9.17) is 4.74 Å². The van der Waals surface area contributed by atoms with Crippen molar-refractivity contribution in [1.82, 2.24) is 5.43 Å². The Morgan fingerprint density at radius 2 is 1.91 bits per heavy atom. The van der Waals surface area contributed by atoms with E-state index in [0.29, 0.717) is 12.1 Å². The molecule has 1 aromatic carbocycles. The Morgan fingerprint density at radius 1 is 1.30 bits per heavy atom. The number of carbonyl (C=O) groups is 2. The number of non-ortho nitro benzene ring substituents is 1. The first-order valence-corrected chi connectivity index (χ1v) is 7.16. The first kappa shape index (κ1) is 18.3. The van der Waals surface area contributed by atoms with Crippen molar-refractivity contribution in [2.45, 2.75) is 27.2 Å². The Bertz CT molecular complexity index is 610. The van der Waals surface area contributed by atoms with E-state index in [9.17, 15) is 19.7 Å². The number of hydrogen-bond donors (Lipinski definition) is 1. The predicted molar refractivity (Wildman–Crippen MR) is 84.1 cm³/mol. The fraction of sp³-hybridized carbons (Fsp3) is 0.400. The van der Waals surface area contributed by atoms with Gasteiger partial charge in [-0.3, -0.25) is 19.7 Å². The molecule has 0 radical (unpaired) electrons. The topological polar surface area (TPSA) is 111 Å². The number of esters is 1. The summed E-state index contributed by atoms with van der Waals surface area (Å²) in [5.41, 5.74) is 2.89. The van der Waals surface area contributed by atoms with Crippen LogP contribution in [0.1, 0.15) is 37.6 Å². The van der Waals surface area contributed by atoms with E-state index in [1.54, 1.807) is 13.8 Å². The molecule has 1 amide bonds. The third-order valence-electron chi connectivity index (χ3n) is 3.16. The number of nitrogens with zero attached hydrogens (tertiary/aromatic N) is 2. The zero-order valence-electron chi connectivity index (χ0n) is 13.2. The van der Waals surface area contributed by atoms with Crippen LogP contribution in [0.15, 0.2) is 29.4 Å². The predicted octanol–water partition coefficient (Wildman–Crippen LogP) is 2.29. The van der Waals surface area contributed by atoms with Gasteiger partial charge in [0.1, 0.15) is 0 Å². The largest absolute Gasteiger partial charge is 0.465 e. The Hall–Kier alpha value is -2.77. The van der Waals surface area contributed by atoms with Gasteiger partial charge in [0.2, 0.25) is 0 Å². The summed E-state index contributed by atoms with van der Waals surface area (Å²) >= 11 is 0. The number of rotatable bonds is 7. The van der Waals surface area contributed by atoms with Gasteiger partial charge in [0.25, 0.3) is 11.6 Å². The van der Waals surface area contributed by atoms with Gasteiger partial charge in [0.05, 0.1) is 17.4 Å². The summed E-state index contributed by atoms with van der Waals surface area (Å²) in [7, 11) is 0. The van der Waals surface area contributed by atoms with Crippen molar-refractivity contribution in [2.24, 2.45) is 11.0 Å². The summed E-state index contributed by atoms with van der Waals surface area (Å²) in [6.45, 7) is 5.44. The van der Waals surface area contributed by atoms with Crippen LogP contribution in [-0.2, 0) is 9.53 Å². The summed E-state index contributed by atoms with van der Waals surface area (Å²) in [5, 5.41) is 14.5. The lowest BCUT2D eigenvalue weighted by Gasteiger charge is -2.13. The van der Waals surface area contributed by atoms with Crippen LogP contribution < -0.4 is 5.43 Å². The number of benzene rings is 1. The van der Waals surface area contributed by atoms with Crippen molar-refractivity contribution in [3.8, 4) is 0 Å². The average Bonchev–Trinajstić information content (AvgIpc) is 2.53. The number of carbonyl (C=O) groups excluding carboxylic acids is 2. The third kappa shape index (κ3) is 5.17. The molecule has 0 saturated carbocycles. The van der Waals surface area contributed by atoms with Crippen molar-refractivity contribution in [2.75, 3.05) is 6.61 Å². The molecule has 1 atom stereocenters. The molecule has 0 aliphatic carbocycles. The van der Waals surface area contributed by atoms with E-state index in [0.717, 1.165) is 0 Å². The number of ether oxygens (including phenoxy) is 1. The van der Waals surface area contributed by atoms with Gasteiger partial charge in [-0.15, -0.1) is 0 Å². The molecule has 0 aliphatic rings. The monoisotopic (exact) mass is 321 g/mol. The minimum atomic E-state index is -0.546. The molecule has 1 rings (SSSR count). The van der Waals surface area contributed by atoms with Gasteiger partial charge in [-0.2, -0.15) is 5.10 Å². The summed E-state index contributed by atoms with van der Waals surface area (Å²) in [5.74, 6) is -1.43. The average molecular weight is 321 g/mol. The van der Waals surface area contributed by atoms with E-state index in [1.807, 2.05) is 6.92 Å². The van der Waals surface area contributed by atoms with Crippen molar-refractivity contribution in [3.05, 3.63) is 39.9 Å². The molecule has 1 N–H and O–H groups in total. The second-order valence-corrected chi connectivity index (χ2v) is 4.71. The molecule has 0 unspecified atom stereocenters. The number of nitrogens with one attached hydrogen (secondary N) is 1. The highest BCUT2D eigenvalue weighted by atomic mass is 16.6. The molecule has 8 nitrogen and oxygen atoms in total. The van der Waals surface area contributed by atoms with Crippen molar-refractivity contribution in [3.63, 3.8) is 0 Å². The molecular weight excluding hydrogens is 302 g/mol. The van der Waals surface area contributed by atoms with Crippen LogP contribution in [0, 0.1) is 16.0 Å². The van der Waals surface area contributed by atoms with Gasteiger partial charge in [0.15, 0.2) is 0 Å². The van der Waals surface area contributed by atoms with Gasteiger partial charge in [-0.1, -0.05) is 6.92 Å². The van der Waals surface area contributed by atoms with E-state index in [2.05, 4.69) is 10.5 Å². The maximum Gasteiger partial charge on any atom is 0.314 e. The zero-order chi connectivity index (χ0) is 17.4. The van der Waals surface area contributed by atoms with E-state index >= 15 is 0 Å². The van der Waals surface area contributed by atoms with Crippen LogP contribution >= 0.6 is 0 Å². The van der Waals surface area contributed by atoms with E-state index in [-0.39, 0.29) is 23.8 Å². The second-order valence-electron chi connectivity index (χ2n) is 4.71. The quantitative estimate of drug-likeness (QED) is 0.358. The molecule has 124 valence electrons. The molecule has 0 fully saturated rings. The maximum absolute atomic E-state index is 11.9. The molecular formula is C15H19N3O5. The minimum Gasteiger partial charge on any atom is -0.465 e. The van der Waals surface area contributed by atoms with Gasteiger partial charge in [0, 0.05) is 23.4 Å². The SMILES string of the molecule is CCOC(=O)[C@H](CC)/C(C)=N\NC(=O)c1ccc([N+](=O)[O-])cc1. The zero-order valence-corrected chi connectivity index (χ0v) is 13.2. The van der Waals surface area contributed by atoms with Gasteiger partial charge in [-0.05, 0) is 32.4 Å². The van der Waals surface area contributed by atoms with Crippen molar-refractivity contribution in [1.29, 1.82) is 0 Å². The number of nitro benzene ring substituents is 1. The van der Waals surface area contributed by atoms with Crippen LogP contribution in [0.2, 0.25) is 0 Å². The molecule has 0 saturated heterocycles. The summed E-state index contributed by atoms with van der Waals surface area (Å²) in [6, 6.07) is 5.14. The lowest BCUT2D eigenvalue weighted by molar-refractivity contribution is -0.384. The Kier molecular flexibility index (Phi) is 6.85. The van der Waals surface area contributed by atoms with Crippen LogP contribution in [-0.4, -0.2) is 29.1 Å². The third-order valence-corrected chi connectivity index (χ3v) is 3.16. The highest BCUT2D eigenvalue weighted by molar-refractivity contribution is 6.02. The Balaban J connectivity index is 2.75. The fourth-order valence-corrected chi connectivity index (χ4v) is 1.89. The highest BCUT2D eigenvalue weighted by Crippen LogP contribution is 2.12. The van der Waals surface area contributed by atoms with E-state index < -0.39 is 16.7 Å². The lowest BCUT2D eigenvalue weighted by Crippen LogP contribution is -2.27. The minimum absolute atomic E-state index is 0.102. The summed E-state index contributed by atoms with van der Waals surface area (Å²) in [4.78, 5) is 33.7. The smallest absolute Gasteiger partial charge is 0.314 e. The standard InChI is InChI=1S/C15H19N3O5/c1-4-13(15(20)23-5-2)10(3)16-17-14(19)11-6-8-12(9-7-11)18(21)22/h6-9,13H,4-5H2,1-3H3,(H,17,19)/b16-10-/t13-/m1/s1. The summed E-state index contributed by atoms with van der Waals surface area (Å²) in [6.07, 6.45) is 0.502. The first-order chi connectivity index (χ1) is 10.9. The summed E-state index contributed by atoms with van der Waals surface area (Å²) < 4.78 is 4.95. The molecule has 23 heavy (non-hydrogen) atoms. The molecule has 0 bridgehead atoms. The normalized spacial score (nSPS) is 12.4. The Morgan fingerprint density at radius 3 is 2.39 bits per heavy atom. The molecule has 0 aromatic heterocycles. The Labute approximate surface area is 133 Å². The molecule has 8 heteroatoms. The first-order valence-electron chi connectivity index (χ1n) is 7.16. The number of amides is 1. The number of hydrazone groups is 1. The van der Waals surface area contributed by atoms with Crippen LogP contribution in [0.4, 0.5) is 5.69 Å². The van der Waals surface area contributed by atoms with Crippen LogP contribution in [0.25, 0.3) is 0 Å².